The molecular weight excluding hydrogens is 258 g/mol. The highest BCUT2D eigenvalue weighted by Gasteiger charge is 2.24. The van der Waals surface area contributed by atoms with Crippen molar-refractivity contribution in [2.45, 2.75) is 26.8 Å². The molecule has 2 aromatic rings. The maximum atomic E-state index is 12.2. The maximum absolute atomic E-state index is 12.2. The van der Waals surface area contributed by atoms with Crippen molar-refractivity contribution in [3.8, 4) is 5.75 Å². The minimum absolute atomic E-state index is 0.00502. The number of ether oxygens (including phenoxy) is 1. The second-order valence-corrected chi connectivity index (χ2v) is 4.79. The lowest BCUT2D eigenvalue weighted by atomic mass is 10.2. The van der Waals surface area contributed by atoms with E-state index in [2.05, 4.69) is 0 Å². The summed E-state index contributed by atoms with van der Waals surface area (Å²) >= 11 is 0. The van der Waals surface area contributed by atoms with Gasteiger partial charge in [-0.15, -0.1) is 0 Å². The standard InChI is InChI=1S/C15H17NO4/c1-4-20-15(19)14(18)13-8-10-7-11(17)5-6-12(10)16(13)9(2)3/h5-9,17H,4H2,1-3H3. The van der Waals surface area contributed by atoms with Crippen LogP contribution in [0.3, 0.4) is 0 Å². The Labute approximate surface area is 116 Å². The number of benzene rings is 1. The quantitative estimate of drug-likeness (QED) is 0.529. The number of hydrogen-bond donors (Lipinski definition) is 1. The number of Topliss-reactive ketones (excluding diaryl/α,β-unsaturated/α-hetero) is 1. The van der Waals surface area contributed by atoms with E-state index in [1.165, 1.54) is 0 Å². The molecule has 5 heteroatoms. The zero-order valence-corrected chi connectivity index (χ0v) is 11.7. The van der Waals surface area contributed by atoms with Crippen LogP contribution in [0.4, 0.5) is 0 Å². The van der Waals surface area contributed by atoms with Crippen LogP contribution in [0, 0.1) is 0 Å². The smallest absolute Gasteiger partial charge is 0.381 e. The van der Waals surface area contributed by atoms with Crippen molar-refractivity contribution in [1.82, 2.24) is 4.57 Å². The molecule has 0 amide bonds. The number of nitrogens with zero attached hydrogens (tertiary/aromatic N) is 1. The lowest BCUT2D eigenvalue weighted by Gasteiger charge is -2.13. The first-order chi connectivity index (χ1) is 9.45. The Morgan fingerprint density at radius 3 is 2.60 bits per heavy atom. The average molecular weight is 275 g/mol. The summed E-state index contributed by atoms with van der Waals surface area (Å²) in [6.07, 6.45) is 0. The highest BCUT2D eigenvalue weighted by Crippen LogP contribution is 2.27. The molecule has 0 saturated carbocycles. The van der Waals surface area contributed by atoms with E-state index in [9.17, 15) is 14.7 Å². The summed E-state index contributed by atoms with van der Waals surface area (Å²) in [4.78, 5) is 23.8. The molecule has 0 bridgehead atoms. The van der Waals surface area contributed by atoms with Gasteiger partial charge in [-0.05, 0) is 45.0 Å². The molecule has 0 aliphatic carbocycles. The van der Waals surface area contributed by atoms with Crippen LogP contribution < -0.4 is 0 Å². The van der Waals surface area contributed by atoms with Crippen molar-refractivity contribution in [2.75, 3.05) is 6.61 Å². The van der Waals surface area contributed by atoms with Crippen LogP contribution >= 0.6 is 0 Å². The lowest BCUT2D eigenvalue weighted by molar-refractivity contribution is -0.137. The van der Waals surface area contributed by atoms with Crippen LogP contribution in [0.5, 0.6) is 5.75 Å². The van der Waals surface area contributed by atoms with Gasteiger partial charge in [0.1, 0.15) is 5.75 Å². The van der Waals surface area contributed by atoms with Crippen LogP contribution in [0.15, 0.2) is 24.3 Å². The van der Waals surface area contributed by atoms with Crippen molar-refractivity contribution in [3.05, 3.63) is 30.0 Å². The van der Waals surface area contributed by atoms with Gasteiger partial charge in [0.15, 0.2) is 0 Å². The molecule has 106 valence electrons. The predicted molar refractivity (Wildman–Crippen MR) is 75.0 cm³/mol. The third-order valence-electron chi connectivity index (χ3n) is 3.03. The van der Waals surface area contributed by atoms with Crippen LogP contribution in [0.25, 0.3) is 10.9 Å². The predicted octanol–water partition coefficient (Wildman–Crippen LogP) is 2.67. The molecule has 1 aromatic carbocycles. The first kappa shape index (κ1) is 14.1. The Morgan fingerprint density at radius 2 is 2.00 bits per heavy atom. The molecule has 1 N–H and O–H groups in total. The number of phenolic OH excluding ortho intramolecular Hbond substituents is 1. The third-order valence-corrected chi connectivity index (χ3v) is 3.03. The largest absolute Gasteiger partial charge is 0.508 e. The van der Waals surface area contributed by atoms with E-state index >= 15 is 0 Å². The summed E-state index contributed by atoms with van der Waals surface area (Å²) in [5, 5.41) is 10.2. The Kier molecular flexibility index (Phi) is 3.79. The van der Waals surface area contributed by atoms with Gasteiger partial charge in [-0.2, -0.15) is 0 Å². The van der Waals surface area contributed by atoms with E-state index in [0.29, 0.717) is 5.39 Å². The molecule has 1 aromatic heterocycles. The molecule has 1 heterocycles. The molecule has 0 spiro atoms. The van der Waals surface area contributed by atoms with Crippen molar-refractivity contribution in [1.29, 1.82) is 0 Å². The number of aromatic hydroxyl groups is 1. The highest BCUT2D eigenvalue weighted by molar-refractivity contribution is 6.40. The number of fused-ring (bicyclic) bond motifs is 1. The Hall–Kier alpha value is -2.30. The monoisotopic (exact) mass is 275 g/mol. The molecular formula is C15H17NO4. The summed E-state index contributed by atoms with van der Waals surface area (Å²) in [6.45, 7) is 5.66. The number of carbonyl (C=O) groups is 2. The summed E-state index contributed by atoms with van der Waals surface area (Å²) in [5.74, 6) is -1.41. The van der Waals surface area contributed by atoms with E-state index in [1.807, 2.05) is 13.8 Å². The molecule has 0 unspecified atom stereocenters. The zero-order valence-electron chi connectivity index (χ0n) is 11.7. The minimum Gasteiger partial charge on any atom is -0.508 e. The van der Waals surface area contributed by atoms with Gasteiger partial charge in [0.05, 0.1) is 12.3 Å². The zero-order chi connectivity index (χ0) is 14.9. The molecule has 20 heavy (non-hydrogen) atoms. The van der Waals surface area contributed by atoms with Gasteiger partial charge in [-0.1, -0.05) is 0 Å². The van der Waals surface area contributed by atoms with Gasteiger partial charge in [0.25, 0.3) is 5.78 Å². The molecule has 0 saturated heterocycles. The fourth-order valence-corrected chi connectivity index (χ4v) is 2.26. The number of phenols is 1. The van der Waals surface area contributed by atoms with Crippen molar-refractivity contribution < 1.29 is 19.4 Å². The topological polar surface area (TPSA) is 68.5 Å². The van der Waals surface area contributed by atoms with Crippen molar-refractivity contribution in [3.63, 3.8) is 0 Å². The molecule has 5 nitrogen and oxygen atoms in total. The number of hydrogen-bond acceptors (Lipinski definition) is 4. The van der Waals surface area contributed by atoms with Crippen LogP contribution in [-0.2, 0) is 9.53 Å². The van der Waals surface area contributed by atoms with E-state index in [4.69, 9.17) is 4.74 Å². The van der Waals surface area contributed by atoms with Gasteiger partial charge in [0.2, 0.25) is 0 Å². The normalized spacial score (nSPS) is 11.0. The number of aromatic nitrogens is 1. The first-order valence-corrected chi connectivity index (χ1v) is 6.51. The first-order valence-electron chi connectivity index (χ1n) is 6.51. The van der Waals surface area contributed by atoms with Crippen molar-refractivity contribution >= 4 is 22.7 Å². The summed E-state index contributed by atoms with van der Waals surface area (Å²) in [5.41, 5.74) is 1.07. The molecule has 0 fully saturated rings. The minimum atomic E-state index is -0.860. The van der Waals surface area contributed by atoms with Crippen LogP contribution in [0.2, 0.25) is 0 Å². The summed E-state index contributed by atoms with van der Waals surface area (Å²) < 4.78 is 6.53. The fraction of sp³-hybridized carbons (Fsp3) is 0.333. The van der Waals surface area contributed by atoms with Crippen LogP contribution in [0.1, 0.15) is 37.3 Å². The summed E-state index contributed by atoms with van der Waals surface area (Å²) in [7, 11) is 0. The number of ketones is 1. The molecule has 0 radical (unpaired) electrons. The average Bonchev–Trinajstić information content (AvgIpc) is 2.76. The van der Waals surface area contributed by atoms with Gasteiger partial charge in [0, 0.05) is 16.9 Å². The van der Waals surface area contributed by atoms with Crippen LogP contribution in [-0.4, -0.2) is 28.0 Å². The van der Waals surface area contributed by atoms with E-state index in [-0.39, 0.29) is 24.1 Å². The third kappa shape index (κ3) is 2.39. The maximum Gasteiger partial charge on any atom is 0.381 e. The molecule has 0 atom stereocenters. The van der Waals surface area contributed by atoms with Gasteiger partial charge in [-0.25, -0.2) is 4.79 Å². The Morgan fingerprint density at radius 1 is 1.30 bits per heavy atom. The highest BCUT2D eigenvalue weighted by atomic mass is 16.5. The van der Waals surface area contributed by atoms with Gasteiger partial charge < -0.3 is 14.4 Å². The molecule has 0 aliphatic heterocycles. The fourth-order valence-electron chi connectivity index (χ4n) is 2.26. The number of rotatable bonds is 4. The van der Waals surface area contributed by atoms with E-state index in [0.717, 1.165) is 5.52 Å². The van der Waals surface area contributed by atoms with Crippen molar-refractivity contribution in [2.24, 2.45) is 0 Å². The van der Waals surface area contributed by atoms with Gasteiger partial charge >= 0.3 is 5.97 Å². The second kappa shape index (κ2) is 5.36. The Balaban J connectivity index is 2.60. The van der Waals surface area contributed by atoms with E-state index < -0.39 is 11.8 Å². The van der Waals surface area contributed by atoms with E-state index in [1.54, 1.807) is 35.8 Å². The number of esters is 1. The Bertz CT molecular complexity index is 670. The summed E-state index contributed by atoms with van der Waals surface area (Å²) in [6, 6.07) is 6.46. The SMILES string of the molecule is CCOC(=O)C(=O)c1cc2cc(O)ccc2n1C(C)C. The molecule has 0 aliphatic rings. The second-order valence-electron chi connectivity index (χ2n) is 4.79. The number of carbonyl (C=O) groups excluding carboxylic acids is 2. The molecule has 2 rings (SSSR count). The lowest BCUT2D eigenvalue weighted by Crippen LogP contribution is -2.21. The van der Waals surface area contributed by atoms with Gasteiger partial charge in [-0.3, -0.25) is 4.79 Å².